The predicted octanol–water partition coefficient (Wildman–Crippen LogP) is 12.7. The van der Waals surface area contributed by atoms with Gasteiger partial charge in [-0.3, -0.25) is 19.2 Å². The van der Waals surface area contributed by atoms with Crippen molar-refractivity contribution in [1.82, 2.24) is 25.8 Å². The summed E-state index contributed by atoms with van der Waals surface area (Å²) in [6.45, 7) is 40.0. The van der Waals surface area contributed by atoms with E-state index in [4.69, 9.17) is 9.84 Å². The number of hydrogen-bond donors (Lipinski definition) is 5. The number of allylic oxidation sites excluding steroid dienone is 9. The van der Waals surface area contributed by atoms with Gasteiger partial charge in [-0.05, 0) is 161 Å². The summed E-state index contributed by atoms with van der Waals surface area (Å²) in [4.78, 5) is 66.2. The molecule has 5 aliphatic rings. The lowest BCUT2D eigenvalue weighted by Gasteiger charge is -2.27. The second-order valence-electron chi connectivity index (χ2n) is 20.4. The summed E-state index contributed by atoms with van der Waals surface area (Å²) in [6.07, 6.45) is 33.9. The van der Waals surface area contributed by atoms with Crippen LogP contribution in [0.4, 0.5) is 4.79 Å². The van der Waals surface area contributed by atoms with Gasteiger partial charge in [0, 0.05) is 48.3 Å². The van der Waals surface area contributed by atoms with E-state index in [9.17, 15) is 24.0 Å². The van der Waals surface area contributed by atoms with Gasteiger partial charge in [-0.1, -0.05) is 88.4 Å². The third-order valence-corrected chi connectivity index (χ3v) is 12.1. The molecule has 412 valence electrons. The Morgan fingerprint density at radius 3 is 2.04 bits per heavy atom. The van der Waals surface area contributed by atoms with Crippen LogP contribution >= 0.6 is 0 Å². The van der Waals surface area contributed by atoms with E-state index in [1.54, 1.807) is 52.5 Å². The minimum Gasteiger partial charge on any atom is -0.444 e. The molecular weight excluding hydrogens is 927 g/mol. The quantitative estimate of drug-likeness (QED) is 0.0946. The number of hydrogen-bond acceptors (Lipinski definition) is 7. The number of likely N-dealkylation sites (N-methyl/N-ethyl adjacent to an activating group) is 1. The molecule has 1 unspecified atom stereocenters. The number of rotatable bonds is 9. The molecule has 4 fully saturated rings. The Kier molecular flexibility index (Phi) is 33.9. The van der Waals surface area contributed by atoms with Crippen LogP contribution in [0.15, 0.2) is 110 Å². The molecule has 1 saturated heterocycles. The summed E-state index contributed by atoms with van der Waals surface area (Å²) in [7, 11) is 1.57. The Morgan fingerprint density at radius 2 is 1.57 bits per heavy atom. The molecular formula is C62H97N5O7. The minimum absolute atomic E-state index is 0.0370. The van der Waals surface area contributed by atoms with Crippen LogP contribution in [0.25, 0.3) is 16.5 Å². The number of benzene rings is 1. The number of pyridine rings is 1. The lowest BCUT2D eigenvalue weighted by atomic mass is 9.95. The molecule has 4 aliphatic carbocycles. The van der Waals surface area contributed by atoms with E-state index in [-0.39, 0.29) is 41.7 Å². The summed E-state index contributed by atoms with van der Waals surface area (Å²) in [6, 6.07) is 6.79. The number of carbonyl (C=O) groups excluding carboxylic acids is 4. The standard InChI is InChI=1S/C19H30N4O5.C15H15NO.C12H18.C4H10.C4H8.C2H6O.2C2H4.C2H2/c1-17(2,3)28-16(27)21-10-13(24)23-9-5-6-12(23)14(25)22-19(15(26)20-4)11-18(19)7-8-18;1-4-11(5-2)13-9-15(17)12-7-6-10(3)8-14(12)16-13;1-12(8-9-12)10-11-6-4-2-3-5-7-11;1-4(2)3;1-3-4-2;1-2-3;3*1-2/h12H,5-11H2,1-4H3,(H,20,26)(H,21,27)(H,22,25);4-9H,1H2,2-3H3,(H,16,17);2,4,6H,3,5,7-10H2,1H3;4H,1-3H3;3-4H,1-2H3;3H,2H2,1H3;2*1-2H2;1-2H/b;11-5+;;;4-3-;;;;/t12-,19?;;;;;;;;/m0......../s1. The van der Waals surface area contributed by atoms with Crippen LogP contribution < -0.4 is 21.4 Å². The Morgan fingerprint density at radius 1 is 0.986 bits per heavy atom. The number of aryl methyl sites for hydroxylation is 1. The highest BCUT2D eigenvalue weighted by atomic mass is 16.6. The van der Waals surface area contributed by atoms with Gasteiger partial charge in [-0.15, -0.1) is 39.2 Å². The predicted molar refractivity (Wildman–Crippen MR) is 313 cm³/mol. The van der Waals surface area contributed by atoms with E-state index < -0.39 is 23.3 Å². The average Bonchev–Trinajstić information content (AvgIpc) is 4.34. The summed E-state index contributed by atoms with van der Waals surface area (Å²) in [5.74, 6) is 0.0331. The van der Waals surface area contributed by atoms with Gasteiger partial charge in [0.2, 0.25) is 17.7 Å². The van der Waals surface area contributed by atoms with Crippen molar-refractivity contribution in [3.8, 4) is 12.8 Å². The van der Waals surface area contributed by atoms with Crippen molar-refractivity contribution in [2.45, 2.75) is 171 Å². The maximum atomic E-state index is 12.9. The molecule has 2 aromatic rings. The SMILES string of the molecule is C#C.C/C=C\C.C=C.C=C.C=C/C(=C\C)c1cc(=O)c2ccc(C)cc2[nH]1.CC(C)C.CC1(CC2=CC=CCCC2)CC1.CCO.CNC(=O)C1(NC(=O)[C@@H]2CCCN2C(=O)CNC(=O)OC(C)(C)C)CC12CC2. The van der Waals surface area contributed by atoms with Crippen LogP contribution in [0.1, 0.15) is 158 Å². The van der Waals surface area contributed by atoms with Gasteiger partial charge >= 0.3 is 6.09 Å². The maximum absolute atomic E-state index is 12.9. The number of aromatic amines is 1. The van der Waals surface area contributed by atoms with Crippen LogP contribution in [0, 0.1) is 36.5 Å². The van der Waals surface area contributed by atoms with Crippen LogP contribution in [0.2, 0.25) is 0 Å². The Balaban J connectivity index is 0. The Labute approximate surface area is 447 Å². The number of likely N-dealkylation sites (tertiary alicyclic amines) is 1. The first-order valence-corrected chi connectivity index (χ1v) is 26.1. The molecule has 0 radical (unpaired) electrons. The third kappa shape index (κ3) is 24.7. The first kappa shape index (κ1) is 69.9. The molecule has 3 saturated carbocycles. The van der Waals surface area contributed by atoms with Gasteiger partial charge in [0.05, 0.1) is 0 Å². The number of aliphatic hydroxyl groups is 1. The number of carbonyl (C=O) groups is 4. The molecule has 74 heavy (non-hydrogen) atoms. The first-order valence-electron chi connectivity index (χ1n) is 26.1. The molecule has 2 atom stereocenters. The third-order valence-electron chi connectivity index (χ3n) is 12.1. The first-order chi connectivity index (χ1) is 35.0. The fraction of sp³-hybridized carbons (Fsp3) is 0.532. The number of fused-ring (bicyclic) bond motifs is 1. The highest BCUT2D eigenvalue weighted by Crippen LogP contribution is 2.73. The molecule has 4 amide bonds. The van der Waals surface area contributed by atoms with E-state index in [1.807, 2.05) is 64.1 Å². The van der Waals surface area contributed by atoms with E-state index in [0.29, 0.717) is 31.2 Å². The largest absolute Gasteiger partial charge is 0.444 e. The van der Waals surface area contributed by atoms with Gasteiger partial charge in [-0.2, -0.15) is 0 Å². The van der Waals surface area contributed by atoms with E-state index in [0.717, 1.165) is 46.5 Å². The van der Waals surface area contributed by atoms with Crippen molar-refractivity contribution >= 4 is 40.3 Å². The number of amides is 4. The molecule has 1 aromatic heterocycles. The molecule has 1 spiro atoms. The van der Waals surface area contributed by atoms with Crippen molar-refractivity contribution in [3.05, 3.63) is 127 Å². The van der Waals surface area contributed by atoms with E-state index >= 15 is 0 Å². The highest BCUT2D eigenvalue weighted by Gasteiger charge is 2.78. The average molecular weight is 1020 g/mol. The smallest absolute Gasteiger partial charge is 0.408 e. The van der Waals surface area contributed by atoms with E-state index in [2.05, 4.69) is 113 Å². The second kappa shape index (κ2) is 35.9. The Hall–Kier alpha value is -6.19. The number of alkyl carbamates (subject to hydrolysis) is 1. The van der Waals surface area contributed by atoms with Crippen molar-refractivity contribution < 1.29 is 29.0 Å². The van der Waals surface area contributed by atoms with Crippen LogP contribution in [0.5, 0.6) is 0 Å². The molecule has 5 N–H and O–H groups in total. The monoisotopic (exact) mass is 1020 g/mol. The number of nitrogens with one attached hydrogen (secondary N) is 4. The summed E-state index contributed by atoms with van der Waals surface area (Å²) in [5, 5.41) is 16.3. The fourth-order valence-electron chi connectivity index (χ4n) is 8.00. The molecule has 7 rings (SSSR count). The lowest BCUT2D eigenvalue weighted by molar-refractivity contribution is -0.139. The number of H-pyrrole nitrogens is 1. The van der Waals surface area contributed by atoms with Gasteiger partial charge in [0.25, 0.3) is 0 Å². The fourth-order valence-corrected chi connectivity index (χ4v) is 8.00. The van der Waals surface area contributed by atoms with Gasteiger partial charge in [0.1, 0.15) is 23.7 Å². The molecule has 12 nitrogen and oxygen atoms in total. The van der Waals surface area contributed by atoms with Crippen LogP contribution in [-0.4, -0.2) is 82.7 Å². The summed E-state index contributed by atoms with van der Waals surface area (Å²) < 4.78 is 5.12. The Bertz CT molecular complexity index is 2240. The van der Waals surface area contributed by atoms with Crippen molar-refractivity contribution in [2.24, 2.45) is 16.7 Å². The minimum atomic E-state index is -0.828. The number of aliphatic hydroxyl groups excluding tert-OH is 1. The number of aromatic nitrogens is 1. The van der Waals surface area contributed by atoms with Crippen LogP contribution in [-0.2, 0) is 19.1 Å². The molecule has 1 aliphatic heterocycles. The van der Waals surface area contributed by atoms with Crippen molar-refractivity contribution in [1.29, 1.82) is 0 Å². The summed E-state index contributed by atoms with van der Waals surface area (Å²) in [5.41, 5.74) is 4.60. The van der Waals surface area contributed by atoms with Gasteiger partial charge in [0.15, 0.2) is 5.43 Å². The normalized spacial score (nSPS) is 18.6. The molecule has 1 aromatic carbocycles. The van der Waals surface area contributed by atoms with Crippen molar-refractivity contribution in [2.75, 3.05) is 26.7 Å². The zero-order valence-corrected chi connectivity index (χ0v) is 47.9. The van der Waals surface area contributed by atoms with Crippen molar-refractivity contribution in [3.63, 3.8) is 0 Å². The molecule has 12 heteroatoms. The zero-order chi connectivity index (χ0) is 57.3. The topological polar surface area (TPSA) is 170 Å². The molecule has 2 heterocycles. The highest BCUT2D eigenvalue weighted by molar-refractivity contribution is 5.99. The molecule has 0 bridgehead atoms. The van der Waals surface area contributed by atoms with Crippen LogP contribution in [0.3, 0.4) is 0 Å². The van der Waals surface area contributed by atoms with Gasteiger partial charge in [-0.25, -0.2) is 4.79 Å². The second-order valence-corrected chi connectivity index (χ2v) is 20.4. The number of ether oxygens (including phenoxy) is 1. The zero-order valence-electron chi connectivity index (χ0n) is 47.9. The lowest BCUT2D eigenvalue weighted by Crippen LogP contribution is -2.56. The van der Waals surface area contributed by atoms with Gasteiger partial charge < -0.3 is 35.7 Å². The summed E-state index contributed by atoms with van der Waals surface area (Å²) >= 11 is 0. The maximum Gasteiger partial charge on any atom is 0.408 e. The number of nitrogens with zero attached hydrogens (tertiary/aromatic N) is 1. The van der Waals surface area contributed by atoms with E-state index in [1.165, 1.54) is 43.4 Å². The number of terminal acetylenes is 1.